The monoisotopic (exact) mass is 316 g/mol. The second-order valence-corrected chi connectivity index (χ2v) is 5.97. The van der Waals surface area contributed by atoms with Gasteiger partial charge < -0.3 is 0 Å². The summed E-state index contributed by atoms with van der Waals surface area (Å²) in [7, 11) is -2.31. The first kappa shape index (κ1) is 14.3. The molecule has 2 aromatic rings. The van der Waals surface area contributed by atoms with E-state index in [1.165, 1.54) is 23.1 Å². The first-order valence-corrected chi connectivity index (χ1v) is 7.11. The third-order valence-electron chi connectivity index (χ3n) is 2.38. The molecule has 0 spiro atoms. The fourth-order valence-electron chi connectivity index (χ4n) is 1.49. The Balaban J connectivity index is 2.39. The molecule has 0 aliphatic heterocycles. The predicted molar refractivity (Wildman–Crippen MR) is 72.1 cm³/mol. The molecule has 0 unspecified atom stereocenters. The Morgan fingerprint density at radius 3 is 2.70 bits per heavy atom. The molecule has 10 heteroatoms. The maximum absolute atomic E-state index is 12.1. The fourth-order valence-corrected chi connectivity index (χ4v) is 2.72. The number of hydrogen-bond donors (Lipinski definition) is 1. The van der Waals surface area contributed by atoms with Crippen LogP contribution in [-0.4, -0.2) is 23.1 Å². The van der Waals surface area contributed by atoms with Crippen LogP contribution in [0.4, 0.5) is 11.4 Å². The molecule has 0 saturated heterocycles. The lowest BCUT2D eigenvalue weighted by atomic mass is 10.3. The van der Waals surface area contributed by atoms with Crippen LogP contribution in [0, 0.1) is 10.1 Å². The number of hydrogen-bond acceptors (Lipinski definition) is 5. The maximum atomic E-state index is 12.1. The van der Waals surface area contributed by atoms with E-state index in [0.717, 1.165) is 12.1 Å². The Morgan fingerprint density at radius 1 is 1.45 bits per heavy atom. The van der Waals surface area contributed by atoms with E-state index in [1.807, 2.05) is 0 Å². The van der Waals surface area contributed by atoms with Crippen molar-refractivity contribution in [3.8, 4) is 0 Å². The van der Waals surface area contributed by atoms with Gasteiger partial charge in [-0.05, 0) is 12.1 Å². The summed E-state index contributed by atoms with van der Waals surface area (Å²) >= 11 is 5.63. The molecule has 1 heterocycles. The molecule has 8 nitrogen and oxygen atoms in total. The first-order valence-electron chi connectivity index (χ1n) is 5.25. The topological polar surface area (TPSA) is 107 Å². The molecule has 1 aromatic carbocycles. The van der Waals surface area contributed by atoms with Gasteiger partial charge in [0.1, 0.15) is 5.02 Å². The van der Waals surface area contributed by atoms with Gasteiger partial charge in [0.05, 0.1) is 21.7 Å². The number of nitrogens with one attached hydrogen (secondary N) is 1. The van der Waals surface area contributed by atoms with Crippen LogP contribution >= 0.6 is 11.6 Å². The van der Waals surface area contributed by atoms with Crippen molar-refractivity contribution in [2.45, 2.75) is 4.90 Å². The predicted octanol–water partition coefficient (Wildman–Crippen LogP) is 1.78. The molecule has 0 fully saturated rings. The number of aromatic nitrogens is 2. The molecule has 0 atom stereocenters. The summed E-state index contributed by atoms with van der Waals surface area (Å²) in [5, 5.41) is 14.4. The molecule has 0 amide bonds. The van der Waals surface area contributed by atoms with Crippen molar-refractivity contribution in [1.29, 1.82) is 0 Å². The molecule has 1 N–H and O–H groups in total. The largest absolute Gasteiger partial charge is 0.289 e. The van der Waals surface area contributed by atoms with E-state index in [-0.39, 0.29) is 15.6 Å². The van der Waals surface area contributed by atoms with Gasteiger partial charge >= 0.3 is 0 Å². The summed E-state index contributed by atoms with van der Waals surface area (Å²) in [5.41, 5.74) is -0.217. The van der Waals surface area contributed by atoms with Crippen molar-refractivity contribution in [3.05, 3.63) is 45.7 Å². The second-order valence-electron chi connectivity index (χ2n) is 3.88. The van der Waals surface area contributed by atoms with Crippen LogP contribution in [-0.2, 0) is 17.1 Å². The van der Waals surface area contributed by atoms with Crippen LogP contribution in [0.15, 0.2) is 35.5 Å². The molecular weight excluding hydrogens is 308 g/mol. The third kappa shape index (κ3) is 2.89. The van der Waals surface area contributed by atoms with Crippen LogP contribution < -0.4 is 4.72 Å². The lowest BCUT2D eigenvalue weighted by Crippen LogP contribution is -2.12. The summed E-state index contributed by atoms with van der Waals surface area (Å²) in [5.74, 6) is 0. The molecule has 20 heavy (non-hydrogen) atoms. The highest BCUT2D eigenvalue weighted by Crippen LogP contribution is 2.27. The lowest BCUT2D eigenvalue weighted by molar-refractivity contribution is -0.384. The minimum atomic E-state index is -3.94. The van der Waals surface area contributed by atoms with Gasteiger partial charge in [-0.1, -0.05) is 11.6 Å². The van der Waals surface area contributed by atoms with Crippen LogP contribution in [0.25, 0.3) is 0 Å². The maximum Gasteiger partial charge on any atom is 0.289 e. The Morgan fingerprint density at radius 2 is 2.15 bits per heavy atom. The van der Waals surface area contributed by atoms with E-state index in [4.69, 9.17) is 11.6 Å². The highest BCUT2D eigenvalue weighted by molar-refractivity contribution is 7.92. The third-order valence-corrected chi connectivity index (χ3v) is 4.08. The number of anilines is 1. The van der Waals surface area contributed by atoms with Crippen LogP contribution in [0.5, 0.6) is 0 Å². The average molecular weight is 317 g/mol. The van der Waals surface area contributed by atoms with Crippen LogP contribution in [0.3, 0.4) is 0 Å². The Bertz CT molecular complexity index is 771. The SMILES string of the molecule is Cn1cc(NS(=O)(=O)c2ccc(Cl)c([N+](=O)[O-])c2)cn1. The molecule has 106 valence electrons. The number of halogens is 1. The molecule has 0 radical (unpaired) electrons. The van der Waals surface area contributed by atoms with Gasteiger partial charge in [-0.15, -0.1) is 0 Å². The van der Waals surface area contributed by atoms with Crippen molar-refractivity contribution >= 4 is 33.0 Å². The summed E-state index contributed by atoms with van der Waals surface area (Å²) in [6, 6.07) is 3.26. The van der Waals surface area contributed by atoms with E-state index < -0.39 is 20.6 Å². The Hall–Kier alpha value is -2.13. The highest BCUT2D eigenvalue weighted by atomic mass is 35.5. The second kappa shape index (κ2) is 5.10. The highest BCUT2D eigenvalue weighted by Gasteiger charge is 2.21. The van der Waals surface area contributed by atoms with Crippen LogP contribution in [0.1, 0.15) is 0 Å². The van der Waals surface area contributed by atoms with Crippen molar-refractivity contribution in [1.82, 2.24) is 9.78 Å². The smallest absolute Gasteiger partial charge is 0.276 e. The number of sulfonamides is 1. The number of nitrogens with zero attached hydrogens (tertiary/aromatic N) is 3. The Kier molecular flexibility index (Phi) is 3.64. The van der Waals surface area contributed by atoms with E-state index in [2.05, 4.69) is 9.82 Å². The van der Waals surface area contributed by atoms with E-state index in [1.54, 1.807) is 7.05 Å². The molecule has 0 saturated carbocycles. The number of nitro benzene ring substituents is 1. The zero-order valence-corrected chi connectivity index (χ0v) is 11.7. The normalized spacial score (nSPS) is 11.3. The number of benzene rings is 1. The number of rotatable bonds is 4. The molecule has 2 rings (SSSR count). The fraction of sp³-hybridized carbons (Fsp3) is 0.100. The van der Waals surface area contributed by atoms with Crippen molar-refractivity contribution in [3.63, 3.8) is 0 Å². The van der Waals surface area contributed by atoms with Gasteiger partial charge in [0.25, 0.3) is 15.7 Å². The summed E-state index contributed by atoms with van der Waals surface area (Å²) in [6.45, 7) is 0. The molecular formula is C10H9ClN4O4S. The minimum Gasteiger partial charge on any atom is -0.276 e. The van der Waals surface area contributed by atoms with Crippen molar-refractivity contribution < 1.29 is 13.3 Å². The van der Waals surface area contributed by atoms with Gasteiger partial charge in [0.2, 0.25) is 0 Å². The quantitative estimate of drug-likeness (QED) is 0.683. The number of nitro groups is 1. The van der Waals surface area contributed by atoms with E-state index in [9.17, 15) is 18.5 Å². The summed E-state index contributed by atoms with van der Waals surface area (Å²) in [4.78, 5) is 9.76. The van der Waals surface area contributed by atoms with E-state index in [0.29, 0.717) is 0 Å². The number of aryl methyl sites for hydroxylation is 1. The van der Waals surface area contributed by atoms with Crippen molar-refractivity contribution in [2.75, 3.05) is 4.72 Å². The lowest BCUT2D eigenvalue weighted by Gasteiger charge is -2.06. The molecule has 0 aliphatic rings. The van der Waals surface area contributed by atoms with Gasteiger partial charge in [-0.3, -0.25) is 19.5 Å². The zero-order chi connectivity index (χ0) is 14.9. The van der Waals surface area contributed by atoms with Gasteiger partial charge in [0.15, 0.2) is 0 Å². The summed E-state index contributed by atoms with van der Waals surface area (Å²) in [6.07, 6.45) is 2.78. The van der Waals surface area contributed by atoms with Crippen LogP contribution in [0.2, 0.25) is 5.02 Å². The minimum absolute atomic E-state index is 0.129. The van der Waals surface area contributed by atoms with Gasteiger partial charge in [-0.2, -0.15) is 5.10 Å². The van der Waals surface area contributed by atoms with Gasteiger partial charge in [0, 0.05) is 19.3 Å². The Labute approximate surface area is 119 Å². The van der Waals surface area contributed by atoms with Gasteiger partial charge in [-0.25, -0.2) is 8.42 Å². The molecule has 0 aliphatic carbocycles. The zero-order valence-electron chi connectivity index (χ0n) is 10.1. The van der Waals surface area contributed by atoms with E-state index >= 15 is 0 Å². The standard InChI is InChI=1S/C10H9ClN4O4S/c1-14-6-7(5-12-14)13-20(18,19)8-2-3-9(11)10(4-8)15(16)17/h2-6,13H,1H3. The first-order chi connectivity index (χ1) is 9.29. The average Bonchev–Trinajstić information content (AvgIpc) is 2.73. The molecule has 1 aromatic heterocycles. The van der Waals surface area contributed by atoms with Crippen molar-refractivity contribution in [2.24, 2.45) is 7.05 Å². The molecule has 0 bridgehead atoms. The summed E-state index contributed by atoms with van der Waals surface area (Å²) < 4.78 is 27.8.